The molecule has 0 radical (unpaired) electrons. The summed E-state index contributed by atoms with van der Waals surface area (Å²) < 4.78 is 0. The second-order valence-electron chi connectivity index (χ2n) is 4.84. The van der Waals surface area contributed by atoms with Gasteiger partial charge in [-0.15, -0.1) is 0 Å². The maximum absolute atomic E-state index is 11.1. The summed E-state index contributed by atoms with van der Waals surface area (Å²) in [4.78, 5) is 17.3. The van der Waals surface area contributed by atoms with Crippen LogP contribution in [0, 0.1) is 5.92 Å². The summed E-state index contributed by atoms with van der Waals surface area (Å²) in [7, 11) is 0. The van der Waals surface area contributed by atoms with Crippen LogP contribution in [0.2, 0.25) is 0 Å². The zero-order valence-electron chi connectivity index (χ0n) is 11.1. The first-order valence-corrected chi connectivity index (χ1v) is 6.16. The summed E-state index contributed by atoms with van der Waals surface area (Å²) in [6.45, 7) is 6.37. The zero-order valence-corrected chi connectivity index (χ0v) is 11.1. The topological polar surface area (TPSA) is 85.2 Å². The molecule has 1 amide bonds. The average molecular weight is 250 g/mol. The molecule has 0 unspecified atom stereocenters. The van der Waals surface area contributed by atoms with Gasteiger partial charge in [0.2, 0.25) is 5.91 Å². The van der Waals surface area contributed by atoms with Crippen LogP contribution in [0.4, 0.5) is 0 Å². The number of carbonyl (C=O) groups excluding carboxylic acids is 1. The van der Waals surface area contributed by atoms with Crippen molar-refractivity contribution in [3.63, 3.8) is 0 Å². The number of carbonyl (C=O) groups is 1. The lowest BCUT2D eigenvalue weighted by Gasteiger charge is -2.23. The summed E-state index contributed by atoms with van der Waals surface area (Å²) in [5.41, 5.74) is 12.9. The Morgan fingerprint density at radius 3 is 2.78 bits per heavy atom. The predicted molar refractivity (Wildman–Crippen MR) is 71.4 cm³/mol. The molecule has 0 spiro atoms. The van der Waals surface area contributed by atoms with E-state index in [1.54, 1.807) is 6.20 Å². The Morgan fingerprint density at radius 1 is 1.50 bits per heavy atom. The summed E-state index contributed by atoms with van der Waals surface area (Å²) in [5, 5.41) is 0. The second-order valence-corrected chi connectivity index (χ2v) is 4.84. The number of primary amides is 1. The standard InChI is InChI=1S/C13H22N4O/c1-10(2)7-17(9-13(15)18)8-11-4-3-5-16-12(11)6-14/h3-5,10H,6-9,14H2,1-2H3,(H2,15,18). The molecule has 1 rings (SSSR count). The number of pyridine rings is 1. The lowest BCUT2D eigenvalue weighted by Crippen LogP contribution is -2.36. The molecule has 1 aromatic rings. The van der Waals surface area contributed by atoms with Crippen LogP contribution in [0.1, 0.15) is 25.1 Å². The molecule has 0 aliphatic rings. The fraction of sp³-hybridized carbons (Fsp3) is 0.538. The number of rotatable bonds is 7. The Hall–Kier alpha value is -1.46. The van der Waals surface area contributed by atoms with Gasteiger partial charge in [-0.3, -0.25) is 14.7 Å². The number of aromatic nitrogens is 1. The number of nitrogens with two attached hydrogens (primary N) is 2. The van der Waals surface area contributed by atoms with E-state index in [4.69, 9.17) is 11.5 Å². The third kappa shape index (κ3) is 4.81. The highest BCUT2D eigenvalue weighted by Gasteiger charge is 2.13. The van der Waals surface area contributed by atoms with E-state index in [1.807, 2.05) is 17.0 Å². The van der Waals surface area contributed by atoms with Crippen molar-refractivity contribution < 1.29 is 4.79 Å². The summed E-state index contributed by atoms with van der Waals surface area (Å²) in [6, 6.07) is 3.87. The van der Waals surface area contributed by atoms with Crippen molar-refractivity contribution in [3.8, 4) is 0 Å². The Kier molecular flexibility index (Phi) is 5.74. The van der Waals surface area contributed by atoms with Gasteiger partial charge < -0.3 is 11.5 Å². The van der Waals surface area contributed by atoms with E-state index in [-0.39, 0.29) is 12.5 Å². The fourth-order valence-corrected chi connectivity index (χ4v) is 1.96. The molecule has 1 heterocycles. The van der Waals surface area contributed by atoms with E-state index in [1.165, 1.54) is 0 Å². The molecule has 0 fully saturated rings. The molecule has 0 saturated carbocycles. The Balaban J connectivity index is 2.77. The van der Waals surface area contributed by atoms with Gasteiger partial charge in [0.15, 0.2) is 0 Å². The molecule has 0 atom stereocenters. The van der Waals surface area contributed by atoms with Crippen LogP contribution in [0.15, 0.2) is 18.3 Å². The van der Waals surface area contributed by atoms with E-state index >= 15 is 0 Å². The molecule has 4 N–H and O–H groups in total. The third-order valence-electron chi connectivity index (χ3n) is 2.57. The fourth-order valence-electron chi connectivity index (χ4n) is 1.96. The van der Waals surface area contributed by atoms with Gasteiger partial charge in [0.05, 0.1) is 12.2 Å². The first kappa shape index (κ1) is 14.6. The van der Waals surface area contributed by atoms with Crippen LogP contribution in [0.25, 0.3) is 0 Å². The molecule has 5 nitrogen and oxygen atoms in total. The molecular weight excluding hydrogens is 228 g/mol. The first-order valence-electron chi connectivity index (χ1n) is 6.16. The number of hydrogen-bond acceptors (Lipinski definition) is 4. The van der Waals surface area contributed by atoms with Crippen molar-refractivity contribution >= 4 is 5.91 Å². The van der Waals surface area contributed by atoms with Crippen molar-refractivity contribution in [2.75, 3.05) is 13.1 Å². The maximum Gasteiger partial charge on any atom is 0.231 e. The number of hydrogen-bond donors (Lipinski definition) is 2. The molecule has 100 valence electrons. The summed E-state index contributed by atoms with van der Waals surface area (Å²) in [6.07, 6.45) is 1.73. The largest absolute Gasteiger partial charge is 0.369 e. The molecular formula is C13H22N4O. The van der Waals surface area contributed by atoms with Crippen molar-refractivity contribution in [1.29, 1.82) is 0 Å². The van der Waals surface area contributed by atoms with E-state index in [0.717, 1.165) is 17.8 Å². The molecule has 0 saturated heterocycles. The summed E-state index contributed by atoms with van der Waals surface area (Å²) in [5.74, 6) is 0.163. The van der Waals surface area contributed by atoms with E-state index < -0.39 is 0 Å². The van der Waals surface area contributed by atoms with E-state index in [0.29, 0.717) is 19.0 Å². The van der Waals surface area contributed by atoms with Crippen molar-refractivity contribution in [3.05, 3.63) is 29.6 Å². The lowest BCUT2D eigenvalue weighted by molar-refractivity contribution is -0.119. The Morgan fingerprint density at radius 2 is 2.22 bits per heavy atom. The molecule has 1 aromatic heterocycles. The van der Waals surface area contributed by atoms with E-state index in [2.05, 4.69) is 18.8 Å². The quantitative estimate of drug-likeness (QED) is 0.737. The van der Waals surface area contributed by atoms with Gasteiger partial charge in [0.25, 0.3) is 0 Å². The highest BCUT2D eigenvalue weighted by molar-refractivity contribution is 5.75. The minimum absolute atomic E-state index is 0.261. The van der Waals surface area contributed by atoms with Crippen LogP contribution < -0.4 is 11.5 Å². The molecule has 0 aliphatic carbocycles. The van der Waals surface area contributed by atoms with Crippen LogP contribution in [0.5, 0.6) is 0 Å². The number of amides is 1. The van der Waals surface area contributed by atoms with Crippen LogP contribution in [0.3, 0.4) is 0 Å². The first-order chi connectivity index (χ1) is 8.52. The third-order valence-corrected chi connectivity index (χ3v) is 2.57. The van der Waals surface area contributed by atoms with Gasteiger partial charge in [-0.2, -0.15) is 0 Å². The minimum atomic E-state index is -0.311. The number of nitrogens with zero attached hydrogens (tertiary/aromatic N) is 2. The van der Waals surface area contributed by atoms with Gasteiger partial charge in [0, 0.05) is 25.8 Å². The van der Waals surface area contributed by atoms with Crippen LogP contribution in [-0.2, 0) is 17.9 Å². The SMILES string of the molecule is CC(C)CN(CC(N)=O)Cc1cccnc1CN. The van der Waals surface area contributed by atoms with Gasteiger partial charge in [-0.1, -0.05) is 19.9 Å². The normalized spacial score (nSPS) is 11.2. The predicted octanol–water partition coefficient (Wildman–Crippen LogP) is 0.484. The molecule has 0 aliphatic heterocycles. The van der Waals surface area contributed by atoms with Gasteiger partial charge in [-0.05, 0) is 17.5 Å². The molecule has 0 aromatic carbocycles. The Labute approximate surface area is 108 Å². The van der Waals surface area contributed by atoms with Crippen LogP contribution in [-0.4, -0.2) is 28.9 Å². The summed E-state index contributed by atoms with van der Waals surface area (Å²) >= 11 is 0. The van der Waals surface area contributed by atoms with Crippen molar-refractivity contribution in [1.82, 2.24) is 9.88 Å². The molecule has 0 bridgehead atoms. The second kappa shape index (κ2) is 7.08. The smallest absolute Gasteiger partial charge is 0.231 e. The zero-order chi connectivity index (χ0) is 13.5. The van der Waals surface area contributed by atoms with Gasteiger partial charge in [-0.25, -0.2) is 0 Å². The van der Waals surface area contributed by atoms with Crippen LogP contribution >= 0.6 is 0 Å². The van der Waals surface area contributed by atoms with Gasteiger partial charge >= 0.3 is 0 Å². The monoisotopic (exact) mass is 250 g/mol. The highest BCUT2D eigenvalue weighted by Crippen LogP contribution is 2.10. The van der Waals surface area contributed by atoms with Crippen molar-refractivity contribution in [2.45, 2.75) is 26.9 Å². The average Bonchev–Trinajstić information content (AvgIpc) is 2.27. The molecule has 18 heavy (non-hydrogen) atoms. The maximum atomic E-state index is 11.1. The lowest BCUT2D eigenvalue weighted by atomic mass is 10.1. The Bertz CT molecular complexity index is 392. The molecule has 5 heteroatoms. The minimum Gasteiger partial charge on any atom is -0.369 e. The highest BCUT2D eigenvalue weighted by atomic mass is 16.1. The van der Waals surface area contributed by atoms with Crippen molar-refractivity contribution in [2.24, 2.45) is 17.4 Å². The van der Waals surface area contributed by atoms with Gasteiger partial charge in [0.1, 0.15) is 0 Å². The van der Waals surface area contributed by atoms with E-state index in [9.17, 15) is 4.79 Å².